The standard InChI is InChI=1S/C14H23N3O2/c1-9(7-15)6-12-10(2)16-14(17-11(12)3)13-8-18-4-5-19-13/h9,13H,4-8,15H2,1-3H3. The van der Waals surface area contributed by atoms with Gasteiger partial charge in [-0.25, -0.2) is 9.97 Å². The first kappa shape index (κ1) is 14.4. The molecule has 1 fully saturated rings. The molecule has 0 spiro atoms. The molecule has 2 heterocycles. The molecule has 2 N–H and O–H groups in total. The van der Waals surface area contributed by atoms with Gasteiger partial charge in [0.15, 0.2) is 5.82 Å². The lowest BCUT2D eigenvalue weighted by Gasteiger charge is -2.23. The van der Waals surface area contributed by atoms with Crippen molar-refractivity contribution in [3.05, 3.63) is 22.8 Å². The van der Waals surface area contributed by atoms with Gasteiger partial charge in [-0.3, -0.25) is 0 Å². The minimum absolute atomic E-state index is 0.132. The van der Waals surface area contributed by atoms with Gasteiger partial charge >= 0.3 is 0 Å². The largest absolute Gasteiger partial charge is 0.376 e. The Hall–Kier alpha value is -1.04. The van der Waals surface area contributed by atoms with Gasteiger partial charge in [-0.2, -0.15) is 0 Å². The number of hydrogen-bond donors (Lipinski definition) is 1. The zero-order chi connectivity index (χ0) is 13.8. The highest BCUT2D eigenvalue weighted by Gasteiger charge is 2.21. The van der Waals surface area contributed by atoms with E-state index < -0.39 is 0 Å². The van der Waals surface area contributed by atoms with Crippen molar-refractivity contribution in [2.75, 3.05) is 26.4 Å². The van der Waals surface area contributed by atoms with E-state index in [9.17, 15) is 0 Å². The minimum atomic E-state index is -0.132. The molecule has 1 saturated heterocycles. The molecule has 1 aliphatic heterocycles. The highest BCUT2D eigenvalue weighted by molar-refractivity contribution is 5.25. The van der Waals surface area contributed by atoms with E-state index in [-0.39, 0.29) is 6.10 Å². The first-order chi connectivity index (χ1) is 9.11. The first-order valence-corrected chi connectivity index (χ1v) is 6.85. The van der Waals surface area contributed by atoms with Crippen LogP contribution < -0.4 is 5.73 Å². The summed E-state index contributed by atoms with van der Waals surface area (Å²) >= 11 is 0. The van der Waals surface area contributed by atoms with Crippen LogP contribution in [0.3, 0.4) is 0 Å². The first-order valence-electron chi connectivity index (χ1n) is 6.85. The van der Waals surface area contributed by atoms with Gasteiger partial charge < -0.3 is 15.2 Å². The van der Waals surface area contributed by atoms with Crippen molar-refractivity contribution in [3.8, 4) is 0 Å². The van der Waals surface area contributed by atoms with Crippen LogP contribution in [-0.4, -0.2) is 36.3 Å². The number of ether oxygens (including phenoxy) is 2. The molecule has 1 aromatic rings. The summed E-state index contributed by atoms with van der Waals surface area (Å²) < 4.78 is 11.1. The Labute approximate surface area is 114 Å². The maximum absolute atomic E-state index is 5.69. The number of aryl methyl sites for hydroxylation is 2. The zero-order valence-corrected chi connectivity index (χ0v) is 12.0. The lowest BCUT2D eigenvalue weighted by Crippen LogP contribution is -2.25. The van der Waals surface area contributed by atoms with Gasteiger partial charge in [0, 0.05) is 11.4 Å². The molecule has 0 aliphatic carbocycles. The van der Waals surface area contributed by atoms with Crippen LogP contribution in [-0.2, 0) is 15.9 Å². The normalized spacial score (nSPS) is 21.4. The van der Waals surface area contributed by atoms with Gasteiger partial charge in [0.25, 0.3) is 0 Å². The van der Waals surface area contributed by atoms with Gasteiger partial charge in [0.2, 0.25) is 0 Å². The summed E-state index contributed by atoms with van der Waals surface area (Å²) in [5.74, 6) is 1.18. The summed E-state index contributed by atoms with van der Waals surface area (Å²) in [6.45, 7) is 8.68. The molecule has 2 atom stereocenters. The molecule has 5 nitrogen and oxygen atoms in total. The summed E-state index contributed by atoms with van der Waals surface area (Å²) in [5.41, 5.74) is 8.95. The molecule has 2 unspecified atom stereocenters. The number of hydrogen-bond acceptors (Lipinski definition) is 5. The Morgan fingerprint density at radius 1 is 1.26 bits per heavy atom. The summed E-state index contributed by atoms with van der Waals surface area (Å²) in [4.78, 5) is 9.18. The van der Waals surface area contributed by atoms with Crippen LogP contribution in [0, 0.1) is 19.8 Å². The van der Waals surface area contributed by atoms with Crippen LogP contribution in [0.25, 0.3) is 0 Å². The van der Waals surface area contributed by atoms with E-state index in [1.165, 1.54) is 5.56 Å². The summed E-state index contributed by atoms with van der Waals surface area (Å²) in [7, 11) is 0. The molecule has 0 aromatic carbocycles. The topological polar surface area (TPSA) is 70.3 Å². The van der Waals surface area contributed by atoms with Crippen LogP contribution in [0.15, 0.2) is 0 Å². The molecule has 0 radical (unpaired) electrons. The average Bonchev–Trinajstić information content (AvgIpc) is 2.43. The Balaban J connectivity index is 2.20. The van der Waals surface area contributed by atoms with Crippen molar-refractivity contribution in [2.24, 2.45) is 11.7 Å². The highest BCUT2D eigenvalue weighted by atomic mass is 16.6. The van der Waals surface area contributed by atoms with Crippen LogP contribution in [0.2, 0.25) is 0 Å². The van der Waals surface area contributed by atoms with E-state index >= 15 is 0 Å². The number of nitrogens with zero attached hydrogens (tertiary/aromatic N) is 2. The summed E-state index contributed by atoms with van der Waals surface area (Å²) in [5, 5.41) is 0. The van der Waals surface area contributed by atoms with Crippen LogP contribution in [0.5, 0.6) is 0 Å². The fraction of sp³-hybridized carbons (Fsp3) is 0.714. The predicted molar refractivity (Wildman–Crippen MR) is 72.9 cm³/mol. The molecular formula is C14H23N3O2. The van der Waals surface area contributed by atoms with Gasteiger partial charge in [0.1, 0.15) is 6.10 Å². The second kappa shape index (κ2) is 6.41. The smallest absolute Gasteiger partial charge is 0.160 e. The van der Waals surface area contributed by atoms with Crippen molar-refractivity contribution in [2.45, 2.75) is 33.3 Å². The van der Waals surface area contributed by atoms with Crippen LogP contribution >= 0.6 is 0 Å². The molecule has 106 valence electrons. The van der Waals surface area contributed by atoms with Gasteiger partial charge in [0.05, 0.1) is 19.8 Å². The van der Waals surface area contributed by atoms with Crippen molar-refractivity contribution in [1.82, 2.24) is 9.97 Å². The van der Waals surface area contributed by atoms with E-state index in [0.29, 0.717) is 32.3 Å². The summed E-state index contributed by atoms with van der Waals surface area (Å²) in [6.07, 6.45) is 0.795. The molecule has 0 bridgehead atoms. The van der Waals surface area contributed by atoms with E-state index in [1.807, 2.05) is 13.8 Å². The highest BCUT2D eigenvalue weighted by Crippen LogP contribution is 2.21. The van der Waals surface area contributed by atoms with E-state index in [0.717, 1.165) is 23.6 Å². The molecule has 0 amide bonds. The predicted octanol–water partition coefficient (Wildman–Crippen LogP) is 1.32. The average molecular weight is 265 g/mol. The fourth-order valence-electron chi connectivity index (χ4n) is 2.27. The number of rotatable bonds is 4. The third-order valence-electron chi connectivity index (χ3n) is 3.50. The van der Waals surface area contributed by atoms with Gasteiger partial charge in [-0.05, 0) is 38.3 Å². The Bertz CT molecular complexity index is 408. The third-order valence-corrected chi connectivity index (χ3v) is 3.50. The van der Waals surface area contributed by atoms with Gasteiger partial charge in [-0.15, -0.1) is 0 Å². The molecule has 5 heteroatoms. The molecule has 2 rings (SSSR count). The molecule has 19 heavy (non-hydrogen) atoms. The maximum atomic E-state index is 5.69. The van der Waals surface area contributed by atoms with E-state index in [4.69, 9.17) is 15.2 Å². The van der Waals surface area contributed by atoms with Crippen molar-refractivity contribution >= 4 is 0 Å². The van der Waals surface area contributed by atoms with Crippen LogP contribution in [0.1, 0.15) is 35.8 Å². The SMILES string of the molecule is Cc1nc(C2COCCO2)nc(C)c1CC(C)CN. The van der Waals surface area contributed by atoms with E-state index in [1.54, 1.807) is 0 Å². The van der Waals surface area contributed by atoms with Crippen LogP contribution in [0.4, 0.5) is 0 Å². The Kier molecular flexibility index (Phi) is 4.85. The second-order valence-corrected chi connectivity index (χ2v) is 5.21. The molecule has 1 aliphatic rings. The molecule has 1 aromatic heterocycles. The summed E-state index contributed by atoms with van der Waals surface area (Å²) in [6, 6.07) is 0. The lowest BCUT2D eigenvalue weighted by atomic mass is 9.99. The molecular weight excluding hydrogens is 242 g/mol. The second-order valence-electron chi connectivity index (χ2n) is 5.21. The lowest BCUT2D eigenvalue weighted by molar-refractivity contribution is -0.0936. The Morgan fingerprint density at radius 2 is 1.95 bits per heavy atom. The third kappa shape index (κ3) is 3.49. The van der Waals surface area contributed by atoms with Gasteiger partial charge in [-0.1, -0.05) is 6.92 Å². The van der Waals surface area contributed by atoms with Crippen molar-refractivity contribution in [1.29, 1.82) is 0 Å². The number of nitrogens with two attached hydrogens (primary N) is 1. The number of aromatic nitrogens is 2. The fourth-order valence-corrected chi connectivity index (χ4v) is 2.27. The van der Waals surface area contributed by atoms with E-state index in [2.05, 4.69) is 16.9 Å². The minimum Gasteiger partial charge on any atom is -0.376 e. The quantitative estimate of drug-likeness (QED) is 0.889. The van der Waals surface area contributed by atoms with Crippen molar-refractivity contribution < 1.29 is 9.47 Å². The zero-order valence-electron chi connectivity index (χ0n) is 12.0. The van der Waals surface area contributed by atoms with Crippen molar-refractivity contribution in [3.63, 3.8) is 0 Å². The monoisotopic (exact) mass is 265 g/mol. The molecule has 0 saturated carbocycles. The Morgan fingerprint density at radius 3 is 2.47 bits per heavy atom. The maximum Gasteiger partial charge on any atom is 0.160 e.